The standard InChI is InChI=1S/C22H22N2O/c1-16-12-21-22(13-17(16)2)24(15-23-21)10-5-11-25-20-9-8-18-6-3-4-7-19(18)14-20/h3-4,6-9,12-15H,5,10-11H2,1-2H3. The summed E-state index contributed by atoms with van der Waals surface area (Å²) >= 11 is 0. The van der Waals surface area contributed by atoms with Crippen LogP contribution in [-0.4, -0.2) is 16.2 Å². The molecule has 3 heteroatoms. The number of aromatic nitrogens is 2. The molecule has 0 bridgehead atoms. The van der Waals surface area contributed by atoms with E-state index in [1.54, 1.807) is 0 Å². The number of benzene rings is 3. The summed E-state index contributed by atoms with van der Waals surface area (Å²) in [5.74, 6) is 0.931. The van der Waals surface area contributed by atoms with Gasteiger partial charge < -0.3 is 9.30 Å². The molecule has 0 aliphatic carbocycles. The van der Waals surface area contributed by atoms with Gasteiger partial charge in [0.25, 0.3) is 0 Å². The summed E-state index contributed by atoms with van der Waals surface area (Å²) in [5, 5.41) is 2.46. The van der Waals surface area contributed by atoms with E-state index in [-0.39, 0.29) is 0 Å². The van der Waals surface area contributed by atoms with E-state index in [0.717, 1.165) is 24.2 Å². The molecule has 0 amide bonds. The Morgan fingerprint density at radius 2 is 1.72 bits per heavy atom. The van der Waals surface area contributed by atoms with Gasteiger partial charge in [-0.05, 0) is 66.4 Å². The summed E-state index contributed by atoms with van der Waals surface area (Å²) in [7, 11) is 0. The molecule has 126 valence electrons. The predicted octanol–water partition coefficient (Wildman–Crippen LogP) is 5.28. The van der Waals surface area contributed by atoms with Crippen molar-refractivity contribution in [1.29, 1.82) is 0 Å². The molecule has 1 aromatic heterocycles. The van der Waals surface area contributed by atoms with E-state index in [2.05, 4.69) is 71.9 Å². The van der Waals surface area contributed by atoms with Crippen molar-refractivity contribution in [3.8, 4) is 5.75 Å². The second-order valence-corrected chi connectivity index (χ2v) is 6.57. The van der Waals surface area contributed by atoms with E-state index in [1.165, 1.54) is 27.4 Å². The first kappa shape index (κ1) is 15.7. The number of ether oxygens (including phenoxy) is 1. The summed E-state index contributed by atoms with van der Waals surface area (Å²) in [6.07, 6.45) is 2.88. The largest absolute Gasteiger partial charge is 0.494 e. The third kappa shape index (κ3) is 3.22. The Kier molecular flexibility index (Phi) is 4.14. The van der Waals surface area contributed by atoms with Crippen molar-refractivity contribution >= 4 is 21.8 Å². The lowest BCUT2D eigenvalue weighted by molar-refractivity contribution is 0.303. The summed E-state index contributed by atoms with van der Waals surface area (Å²) in [4.78, 5) is 4.51. The highest BCUT2D eigenvalue weighted by Crippen LogP contribution is 2.21. The third-order valence-corrected chi connectivity index (χ3v) is 4.77. The van der Waals surface area contributed by atoms with Crippen molar-refractivity contribution < 1.29 is 4.74 Å². The molecule has 0 aliphatic rings. The second kappa shape index (κ2) is 6.60. The van der Waals surface area contributed by atoms with Crippen LogP contribution in [0.25, 0.3) is 21.8 Å². The highest BCUT2D eigenvalue weighted by molar-refractivity contribution is 5.83. The average molecular weight is 330 g/mol. The van der Waals surface area contributed by atoms with E-state index < -0.39 is 0 Å². The Bertz CT molecular complexity index is 1030. The molecule has 4 aromatic rings. The minimum absolute atomic E-state index is 0.697. The van der Waals surface area contributed by atoms with Crippen LogP contribution in [0, 0.1) is 13.8 Å². The van der Waals surface area contributed by atoms with Gasteiger partial charge in [0.1, 0.15) is 5.75 Å². The molecule has 3 aromatic carbocycles. The van der Waals surface area contributed by atoms with Gasteiger partial charge in [0.15, 0.2) is 0 Å². The fraction of sp³-hybridized carbons (Fsp3) is 0.227. The van der Waals surface area contributed by atoms with Gasteiger partial charge in [0, 0.05) is 6.54 Å². The molecule has 0 N–H and O–H groups in total. The quantitative estimate of drug-likeness (QED) is 0.466. The van der Waals surface area contributed by atoms with Gasteiger partial charge in [0.2, 0.25) is 0 Å². The molecule has 0 aliphatic heterocycles. The van der Waals surface area contributed by atoms with Gasteiger partial charge in [0.05, 0.1) is 24.0 Å². The Balaban J connectivity index is 1.40. The summed E-state index contributed by atoms with van der Waals surface area (Å²) < 4.78 is 8.15. The van der Waals surface area contributed by atoms with Crippen molar-refractivity contribution in [1.82, 2.24) is 9.55 Å². The SMILES string of the molecule is Cc1cc2ncn(CCCOc3ccc4ccccc4c3)c2cc1C. The molecule has 0 unspecified atom stereocenters. The molecule has 4 rings (SSSR count). The number of hydrogen-bond acceptors (Lipinski definition) is 2. The average Bonchev–Trinajstić information content (AvgIpc) is 3.01. The highest BCUT2D eigenvalue weighted by Gasteiger charge is 2.05. The number of rotatable bonds is 5. The topological polar surface area (TPSA) is 27.1 Å². The first-order valence-electron chi connectivity index (χ1n) is 8.74. The number of imidazole rings is 1. The maximum atomic E-state index is 5.93. The van der Waals surface area contributed by atoms with Crippen molar-refractivity contribution in [2.45, 2.75) is 26.8 Å². The number of aryl methyl sites for hydroxylation is 3. The fourth-order valence-electron chi connectivity index (χ4n) is 3.17. The van der Waals surface area contributed by atoms with Gasteiger partial charge in [-0.2, -0.15) is 0 Å². The zero-order valence-electron chi connectivity index (χ0n) is 14.7. The van der Waals surface area contributed by atoms with Gasteiger partial charge >= 0.3 is 0 Å². The minimum atomic E-state index is 0.697. The second-order valence-electron chi connectivity index (χ2n) is 6.57. The zero-order valence-corrected chi connectivity index (χ0v) is 14.7. The predicted molar refractivity (Wildman–Crippen MR) is 103 cm³/mol. The normalized spacial score (nSPS) is 11.3. The Morgan fingerprint density at radius 1 is 0.920 bits per heavy atom. The van der Waals surface area contributed by atoms with Crippen LogP contribution in [0.4, 0.5) is 0 Å². The van der Waals surface area contributed by atoms with Gasteiger partial charge in [-0.1, -0.05) is 30.3 Å². The van der Waals surface area contributed by atoms with Crippen molar-refractivity contribution in [2.24, 2.45) is 0 Å². The van der Waals surface area contributed by atoms with Crippen LogP contribution in [0.3, 0.4) is 0 Å². The summed E-state index contributed by atoms with van der Waals surface area (Å²) in [6.45, 7) is 5.88. The van der Waals surface area contributed by atoms with Crippen molar-refractivity contribution in [3.63, 3.8) is 0 Å². The van der Waals surface area contributed by atoms with Gasteiger partial charge in [-0.15, -0.1) is 0 Å². The molecular formula is C22H22N2O. The summed E-state index contributed by atoms with van der Waals surface area (Å²) in [6, 6.07) is 19.0. The molecule has 1 heterocycles. The van der Waals surface area contributed by atoms with Gasteiger partial charge in [-0.3, -0.25) is 0 Å². The maximum absolute atomic E-state index is 5.93. The molecule has 0 atom stereocenters. The molecule has 0 spiro atoms. The number of hydrogen-bond donors (Lipinski definition) is 0. The van der Waals surface area contributed by atoms with E-state index in [1.807, 2.05) is 12.4 Å². The van der Waals surface area contributed by atoms with Crippen molar-refractivity contribution in [3.05, 3.63) is 72.1 Å². The fourth-order valence-corrected chi connectivity index (χ4v) is 3.17. The molecule has 3 nitrogen and oxygen atoms in total. The van der Waals surface area contributed by atoms with Crippen LogP contribution < -0.4 is 4.74 Å². The van der Waals surface area contributed by atoms with E-state index in [0.29, 0.717) is 6.61 Å². The molecule has 0 saturated heterocycles. The third-order valence-electron chi connectivity index (χ3n) is 4.77. The van der Waals surface area contributed by atoms with Crippen molar-refractivity contribution in [2.75, 3.05) is 6.61 Å². The van der Waals surface area contributed by atoms with Crippen LogP contribution in [-0.2, 0) is 6.54 Å². The molecule has 0 saturated carbocycles. The lowest BCUT2D eigenvalue weighted by atomic mass is 10.1. The van der Waals surface area contributed by atoms with E-state index >= 15 is 0 Å². The van der Waals surface area contributed by atoms with Crippen LogP contribution >= 0.6 is 0 Å². The first-order chi connectivity index (χ1) is 12.2. The zero-order chi connectivity index (χ0) is 17.2. The Morgan fingerprint density at radius 3 is 2.60 bits per heavy atom. The molecule has 0 fully saturated rings. The van der Waals surface area contributed by atoms with Crippen LogP contribution in [0.2, 0.25) is 0 Å². The Labute approximate surface area is 147 Å². The van der Waals surface area contributed by atoms with E-state index in [4.69, 9.17) is 4.74 Å². The highest BCUT2D eigenvalue weighted by atomic mass is 16.5. The smallest absolute Gasteiger partial charge is 0.119 e. The van der Waals surface area contributed by atoms with E-state index in [9.17, 15) is 0 Å². The first-order valence-corrected chi connectivity index (χ1v) is 8.74. The van der Waals surface area contributed by atoms with Gasteiger partial charge in [-0.25, -0.2) is 4.98 Å². The lowest BCUT2D eigenvalue weighted by Gasteiger charge is -2.09. The number of nitrogens with zero attached hydrogens (tertiary/aromatic N) is 2. The minimum Gasteiger partial charge on any atom is -0.494 e. The van der Waals surface area contributed by atoms with Crippen LogP contribution in [0.15, 0.2) is 60.9 Å². The maximum Gasteiger partial charge on any atom is 0.119 e. The molecule has 0 radical (unpaired) electrons. The molecule has 25 heavy (non-hydrogen) atoms. The summed E-state index contributed by atoms with van der Waals surface area (Å²) in [5.41, 5.74) is 4.87. The lowest BCUT2D eigenvalue weighted by Crippen LogP contribution is -2.04. The monoisotopic (exact) mass is 330 g/mol. The van der Waals surface area contributed by atoms with Crippen LogP contribution in [0.5, 0.6) is 5.75 Å². The van der Waals surface area contributed by atoms with Crippen LogP contribution in [0.1, 0.15) is 17.5 Å². The Hall–Kier alpha value is -2.81. The number of fused-ring (bicyclic) bond motifs is 2. The molecular weight excluding hydrogens is 308 g/mol.